The molecule has 0 fully saturated rings. The lowest BCUT2D eigenvalue weighted by atomic mass is 10.0. The summed E-state index contributed by atoms with van der Waals surface area (Å²) in [5.41, 5.74) is 1.82. The van der Waals surface area contributed by atoms with E-state index in [1.807, 2.05) is 18.2 Å². The van der Waals surface area contributed by atoms with E-state index < -0.39 is 11.9 Å². The number of benzene rings is 2. The number of H-pyrrole nitrogens is 2. The van der Waals surface area contributed by atoms with E-state index >= 15 is 0 Å². The molecular formula is C21H15F3N6. The molecule has 9 heteroatoms. The van der Waals surface area contributed by atoms with Gasteiger partial charge in [0, 0.05) is 29.9 Å². The summed E-state index contributed by atoms with van der Waals surface area (Å²) in [4.78, 5) is 7.10. The molecule has 0 radical (unpaired) electrons. The van der Waals surface area contributed by atoms with Crippen molar-refractivity contribution in [3.63, 3.8) is 0 Å². The number of rotatable bonds is 4. The molecule has 0 spiro atoms. The fourth-order valence-electron chi connectivity index (χ4n) is 3.42. The molecule has 150 valence electrons. The van der Waals surface area contributed by atoms with Gasteiger partial charge in [0.1, 0.15) is 12.2 Å². The van der Waals surface area contributed by atoms with Gasteiger partial charge in [-0.15, -0.1) is 0 Å². The van der Waals surface area contributed by atoms with Crippen LogP contribution in [0.2, 0.25) is 0 Å². The molecule has 0 amide bonds. The van der Waals surface area contributed by atoms with Crippen molar-refractivity contribution in [3.8, 4) is 16.8 Å². The molecule has 0 saturated carbocycles. The molecule has 0 saturated heterocycles. The zero-order valence-electron chi connectivity index (χ0n) is 15.5. The summed E-state index contributed by atoms with van der Waals surface area (Å²) < 4.78 is 42.3. The highest BCUT2D eigenvalue weighted by Crippen LogP contribution is 2.37. The Morgan fingerprint density at radius 2 is 1.83 bits per heavy atom. The molecule has 6 nitrogen and oxygen atoms in total. The molecule has 30 heavy (non-hydrogen) atoms. The highest BCUT2D eigenvalue weighted by Gasteiger charge is 2.37. The predicted molar refractivity (Wildman–Crippen MR) is 105 cm³/mol. The average Bonchev–Trinajstić information content (AvgIpc) is 3.47. The van der Waals surface area contributed by atoms with Crippen LogP contribution in [0.25, 0.3) is 27.7 Å². The number of aromatic amines is 2. The highest BCUT2D eigenvalue weighted by atomic mass is 19.4. The molecular weight excluding hydrogens is 393 g/mol. The van der Waals surface area contributed by atoms with E-state index in [9.17, 15) is 13.2 Å². The van der Waals surface area contributed by atoms with Crippen LogP contribution < -0.4 is 0 Å². The Morgan fingerprint density at radius 3 is 2.57 bits per heavy atom. The number of hydrogen-bond donors (Lipinski definition) is 2. The van der Waals surface area contributed by atoms with Gasteiger partial charge in [-0.1, -0.05) is 24.3 Å². The number of alkyl halides is 3. The third kappa shape index (κ3) is 3.34. The topological polar surface area (TPSA) is 75.2 Å². The number of fused-ring (bicyclic) bond motifs is 1. The Kier molecular flexibility index (Phi) is 4.16. The van der Waals surface area contributed by atoms with Crippen molar-refractivity contribution in [1.82, 2.24) is 29.9 Å². The van der Waals surface area contributed by atoms with Gasteiger partial charge in [-0.05, 0) is 40.8 Å². The summed E-state index contributed by atoms with van der Waals surface area (Å²) in [5.74, 6) is 0.711. The highest BCUT2D eigenvalue weighted by molar-refractivity contribution is 5.85. The van der Waals surface area contributed by atoms with E-state index in [1.165, 1.54) is 17.2 Å². The molecule has 0 aliphatic rings. The van der Waals surface area contributed by atoms with E-state index in [-0.39, 0.29) is 5.56 Å². The quantitative estimate of drug-likeness (QED) is 0.451. The normalized spacial score (nSPS) is 12.0. The molecule has 0 atom stereocenters. The molecule has 0 unspecified atom stereocenters. The lowest BCUT2D eigenvalue weighted by Gasteiger charge is -2.06. The second-order valence-electron chi connectivity index (χ2n) is 6.89. The summed E-state index contributed by atoms with van der Waals surface area (Å²) in [5, 5.41) is 11.4. The van der Waals surface area contributed by atoms with Crippen molar-refractivity contribution in [2.75, 3.05) is 0 Å². The fourth-order valence-corrected chi connectivity index (χ4v) is 3.42. The summed E-state index contributed by atoms with van der Waals surface area (Å²) in [6.07, 6.45) is 0.575. The van der Waals surface area contributed by atoms with Gasteiger partial charge in [0.25, 0.3) is 0 Å². The maximum absolute atomic E-state index is 13.7. The molecule has 0 aliphatic carbocycles. The molecule has 5 aromatic rings. The van der Waals surface area contributed by atoms with E-state index in [1.54, 1.807) is 36.5 Å². The summed E-state index contributed by atoms with van der Waals surface area (Å²) in [6, 6.07) is 14.2. The summed E-state index contributed by atoms with van der Waals surface area (Å²) in [7, 11) is 0. The zero-order valence-corrected chi connectivity index (χ0v) is 15.5. The van der Waals surface area contributed by atoms with E-state index in [4.69, 9.17) is 0 Å². The van der Waals surface area contributed by atoms with Crippen LogP contribution in [0.5, 0.6) is 0 Å². The van der Waals surface area contributed by atoms with Crippen LogP contribution in [-0.2, 0) is 12.6 Å². The van der Waals surface area contributed by atoms with Crippen LogP contribution in [0.3, 0.4) is 0 Å². The zero-order chi connectivity index (χ0) is 20.7. The Bertz CT molecular complexity index is 1300. The van der Waals surface area contributed by atoms with Gasteiger partial charge in [0.15, 0.2) is 5.69 Å². The van der Waals surface area contributed by atoms with Crippen LogP contribution in [0, 0.1) is 0 Å². The van der Waals surface area contributed by atoms with Gasteiger partial charge in [0.05, 0.1) is 5.69 Å². The third-order valence-electron chi connectivity index (χ3n) is 4.89. The van der Waals surface area contributed by atoms with Crippen molar-refractivity contribution >= 4 is 10.9 Å². The van der Waals surface area contributed by atoms with Crippen molar-refractivity contribution < 1.29 is 13.2 Å². The second kappa shape index (κ2) is 6.87. The van der Waals surface area contributed by atoms with E-state index in [0.29, 0.717) is 23.5 Å². The lowest BCUT2D eigenvalue weighted by Crippen LogP contribution is -2.08. The van der Waals surface area contributed by atoms with E-state index in [0.717, 1.165) is 16.5 Å². The van der Waals surface area contributed by atoms with Crippen LogP contribution >= 0.6 is 0 Å². The van der Waals surface area contributed by atoms with Gasteiger partial charge >= 0.3 is 6.18 Å². The van der Waals surface area contributed by atoms with Crippen LogP contribution in [0.15, 0.2) is 67.3 Å². The maximum Gasteiger partial charge on any atom is 0.435 e. The first-order valence-corrected chi connectivity index (χ1v) is 9.15. The standard InChI is InChI=1S/C21H15F3N6/c22-21(23,24)20-17(15-4-3-14-7-8-25-18(14)10-15)11-30(29-20)16-5-1-13(2-6-16)9-19-26-12-27-28-19/h1-8,10-12,25H,9H2,(H,26,27,28). The second-order valence-corrected chi connectivity index (χ2v) is 6.89. The van der Waals surface area contributed by atoms with Crippen LogP contribution in [0.4, 0.5) is 13.2 Å². The van der Waals surface area contributed by atoms with Crippen LogP contribution in [-0.4, -0.2) is 29.9 Å². The molecule has 3 aromatic heterocycles. The van der Waals surface area contributed by atoms with Crippen molar-refractivity contribution in [1.29, 1.82) is 0 Å². The Hall–Kier alpha value is -3.88. The maximum atomic E-state index is 13.7. The monoisotopic (exact) mass is 408 g/mol. The summed E-state index contributed by atoms with van der Waals surface area (Å²) in [6.45, 7) is 0. The Labute approximate surface area is 168 Å². The minimum Gasteiger partial charge on any atom is -0.361 e. The number of aromatic nitrogens is 6. The average molecular weight is 408 g/mol. The fraction of sp³-hybridized carbons (Fsp3) is 0.0952. The first-order valence-electron chi connectivity index (χ1n) is 9.15. The Morgan fingerprint density at radius 1 is 1.00 bits per heavy atom. The number of halogens is 3. The smallest absolute Gasteiger partial charge is 0.361 e. The molecule has 0 aliphatic heterocycles. The number of hydrogen-bond acceptors (Lipinski definition) is 3. The van der Waals surface area contributed by atoms with E-state index in [2.05, 4.69) is 25.3 Å². The molecule has 3 heterocycles. The lowest BCUT2D eigenvalue weighted by molar-refractivity contribution is -0.140. The minimum absolute atomic E-state index is 0.0322. The molecule has 0 bridgehead atoms. The van der Waals surface area contributed by atoms with Gasteiger partial charge in [-0.3, -0.25) is 5.10 Å². The number of nitrogens with zero attached hydrogens (tertiary/aromatic N) is 4. The molecule has 5 rings (SSSR count). The first kappa shape index (κ1) is 18.2. The van der Waals surface area contributed by atoms with Gasteiger partial charge < -0.3 is 4.98 Å². The van der Waals surface area contributed by atoms with Gasteiger partial charge in [0.2, 0.25) is 0 Å². The minimum atomic E-state index is -4.57. The predicted octanol–water partition coefficient (Wildman–Crippen LogP) is 4.75. The first-order chi connectivity index (χ1) is 14.5. The number of nitrogens with one attached hydrogen (secondary N) is 2. The summed E-state index contributed by atoms with van der Waals surface area (Å²) >= 11 is 0. The van der Waals surface area contributed by atoms with Crippen molar-refractivity contribution in [2.24, 2.45) is 0 Å². The van der Waals surface area contributed by atoms with Crippen LogP contribution in [0.1, 0.15) is 17.1 Å². The molecule has 2 aromatic carbocycles. The SMILES string of the molecule is FC(F)(F)c1nn(-c2ccc(Cc3ncn[nH]3)cc2)cc1-c1ccc2cc[nH]c2c1. The Balaban J connectivity index is 1.53. The largest absolute Gasteiger partial charge is 0.435 e. The third-order valence-corrected chi connectivity index (χ3v) is 4.89. The van der Waals surface area contributed by atoms with Gasteiger partial charge in [-0.2, -0.15) is 23.4 Å². The van der Waals surface area contributed by atoms with Crippen molar-refractivity contribution in [3.05, 3.63) is 84.3 Å². The van der Waals surface area contributed by atoms with Gasteiger partial charge in [-0.25, -0.2) is 9.67 Å². The molecule has 2 N–H and O–H groups in total. The van der Waals surface area contributed by atoms with Crippen molar-refractivity contribution in [2.45, 2.75) is 12.6 Å².